The van der Waals surface area contributed by atoms with Crippen LogP contribution in [0.15, 0.2) is 12.2 Å². The van der Waals surface area contributed by atoms with Crippen LogP contribution in [0.3, 0.4) is 0 Å². The first-order chi connectivity index (χ1) is 6.50. The highest BCUT2D eigenvalue weighted by Crippen LogP contribution is 2.13. The molecule has 1 aliphatic heterocycles. The van der Waals surface area contributed by atoms with Gasteiger partial charge in [-0.2, -0.15) is 0 Å². The molecule has 0 aliphatic carbocycles. The lowest BCUT2D eigenvalue weighted by Gasteiger charge is -2.38. The summed E-state index contributed by atoms with van der Waals surface area (Å²) in [5, 5.41) is 0. The molecule has 0 aromatic heterocycles. The van der Waals surface area contributed by atoms with E-state index in [1.807, 2.05) is 6.92 Å². The van der Waals surface area contributed by atoms with Crippen LogP contribution in [0.5, 0.6) is 0 Å². The SMILES string of the molecule is C=C(C)C(N)CC1CN(C)CCN1C. The van der Waals surface area contributed by atoms with Crippen LogP contribution >= 0.6 is 0 Å². The third-order valence-electron chi connectivity index (χ3n) is 3.14. The molecule has 3 nitrogen and oxygen atoms in total. The van der Waals surface area contributed by atoms with Gasteiger partial charge < -0.3 is 15.5 Å². The quantitative estimate of drug-likeness (QED) is 0.670. The van der Waals surface area contributed by atoms with E-state index in [-0.39, 0.29) is 6.04 Å². The van der Waals surface area contributed by atoms with Gasteiger partial charge in [0.2, 0.25) is 0 Å². The molecule has 2 N–H and O–H groups in total. The zero-order valence-corrected chi connectivity index (χ0v) is 9.66. The lowest BCUT2D eigenvalue weighted by molar-refractivity contribution is 0.106. The van der Waals surface area contributed by atoms with E-state index >= 15 is 0 Å². The Morgan fingerprint density at radius 2 is 2.14 bits per heavy atom. The molecule has 0 radical (unpaired) electrons. The molecule has 3 heteroatoms. The predicted molar refractivity (Wildman–Crippen MR) is 61.3 cm³/mol. The predicted octanol–water partition coefficient (Wildman–Crippen LogP) is 0.526. The Kier molecular flexibility index (Phi) is 4.11. The zero-order valence-electron chi connectivity index (χ0n) is 9.66. The molecule has 1 heterocycles. The number of likely N-dealkylation sites (N-methyl/N-ethyl adjacent to an activating group) is 2. The van der Waals surface area contributed by atoms with Gasteiger partial charge >= 0.3 is 0 Å². The van der Waals surface area contributed by atoms with E-state index in [1.54, 1.807) is 0 Å². The summed E-state index contributed by atoms with van der Waals surface area (Å²) in [6, 6.07) is 0.731. The van der Waals surface area contributed by atoms with Crippen molar-refractivity contribution in [3.05, 3.63) is 12.2 Å². The number of hydrogen-bond acceptors (Lipinski definition) is 3. The average Bonchev–Trinajstić information content (AvgIpc) is 2.11. The number of nitrogens with zero attached hydrogens (tertiary/aromatic N) is 2. The molecule has 0 aromatic rings. The third-order valence-corrected chi connectivity index (χ3v) is 3.14. The molecule has 1 aliphatic rings. The van der Waals surface area contributed by atoms with Crippen LogP contribution in [0.25, 0.3) is 0 Å². The second kappa shape index (κ2) is 4.91. The van der Waals surface area contributed by atoms with Crippen LogP contribution in [-0.4, -0.2) is 55.6 Å². The Balaban J connectivity index is 2.45. The topological polar surface area (TPSA) is 32.5 Å². The summed E-state index contributed by atoms with van der Waals surface area (Å²) in [5.74, 6) is 0. The first-order valence-corrected chi connectivity index (χ1v) is 5.30. The van der Waals surface area contributed by atoms with Gasteiger partial charge in [-0.05, 0) is 27.4 Å². The molecule has 0 spiro atoms. The molecule has 0 amide bonds. The maximum absolute atomic E-state index is 6.01. The molecular formula is C11H23N3. The number of rotatable bonds is 3. The maximum atomic E-state index is 6.01. The van der Waals surface area contributed by atoms with Crippen molar-refractivity contribution in [3.63, 3.8) is 0 Å². The van der Waals surface area contributed by atoms with Crippen molar-refractivity contribution in [1.29, 1.82) is 0 Å². The minimum absolute atomic E-state index is 0.147. The van der Waals surface area contributed by atoms with Crippen molar-refractivity contribution in [2.75, 3.05) is 33.7 Å². The molecule has 2 atom stereocenters. The maximum Gasteiger partial charge on any atom is 0.0263 e. The van der Waals surface area contributed by atoms with Gasteiger partial charge in [-0.25, -0.2) is 0 Å². The summed E-state index contributed by atoms with van der Waals surface area (Å²) in [5.41, 5.74) is 7.10. The highest BCUT2D eigenvalue weighted by Gasteiger charge is 2.23. The Labute approximate surface area is 87.6 Å². The van der Waals surface area contributed by atoms with E-state index < -0.39 is 0 Å². The van der Waals surface area contributed by atoms with E-state index in [1.165, 1.54) is 0 Å². The minimum Gasteiger partial charge on any atom is -0.324 e. The lowest BCUT2D eigenvalue weighted by Crippen LogP contribution is -2.51. The lowest BCUT2D eigenvalue weighted by atomic mass is 10.00. The van der Waals surface area contributed by atoms with Crippen LogP contribution in [0.2, 0.25) is 0 Å². The van der Waals surface area contributed by atoms with E-state index in [9.17, 15) is 0 Å². The monoisotopic (exact) mass is 197 g/mol. The number of hydrogen-bond donors (Lipinski definition) is 1. The van der Waals surface area contributed by atoms with Crippen molar-refractivity contribution in [1.82, 2.24) is 9.80 Å². The van der Waals surface area contributed by atoms with Crippen molar-refractivity contribution in [3.8, 4) is 0 Å². The highest BCUT2D eigenvalue weighted by molar-refractivity contribution is 5.01. The van der Waals surface area contributed by atoms with Crippen molar-refractivity contribution in [2.24, 2.45) is 5.73 Å². The summed E-state index contributed by atoms with van der Waals surface area (Å²) in [7, 11) is 4.36. The van der Waals surface area contributed by atoms with Crippen molar-refractivity contribution >= 4 is 0 Å². The Morgan fingerprint density at radius 1 is 1.50 bits per heavy atom. The first-order valence-electron chi connectivity index (χ1n) is 5.30. The van der Waals surface area contributed by atoms with Gasteiger partial charge in [0.1, 0.15) is 0 Å². The van der Waals surface area contributed by atoms with Crippen molar-refractivity contribution in [2.45, 2.75) is 25.4 Å². The molecule has 1 fully saturated rings. The minimum atomic E-state index is 0.147. The third kappa shape index (κ3) is 3.08. The largest absolute Gasteiger partial charge is 0.324 e. The average molecular weight is 197 g/mol. The zero-order chi connectivity index (χ0) is 10.7. The van der Waals surface area contributed by atoms with Gasteiger partial charge in [0.25, 0.3) is 0 Å². The van der Waals surface area contributed by atoms with Gasteiger partial charge in [-0.15, -0.1) is 0 Å². The van der Waals surface area contributed by atoms with Crippen LogP contribution in [0, 0.1) is 0 Å². The fraction of sp³-hybridized carbons (Fsp3) is 0.818. The standard InChI is InChI=1S/C11H23N3/c1-9(2)11(12)7-10-8-13(3)5-6-14(10)4/h10-11H,1,5-8,12H2,2-4H3. The van der Waals surface area contributed by atoms with Crippen LogP contribution in [0.1, 0.15) is 13.3 Å². The molecular weight excluding hydrogens is 174 g/mol. The Morgan fingerprint density at radius 3 is 2.71 bits per heavy atom. The molecule has 14 heavy (non-hydrogen) atoms. The van der Waals surface area contributed by atoms with Gasteiger partial charge in [-0.3, -0.25) is 0 Å². The smallest absolute Gasteiger partial charge is 0.0263 e. The fourth-order valence-corrected chi connectivity index (χ4v) is 1.85. The molecule has 0 bridgehead atoms. The summed E-state index contributed by atoms with van der Waals surface area (Å²) >= 11 is 0. The Hall–Kier alpha value is -0.380. The van der Waals surface area contributed by atoms with Crippen LogP contribution in [0.4, 0.5) is 0 Å². The summed E-state index contributed by atoms with van der Waals surface area (Å²) in [6.45, 7) is 9.35. The molecule has 82 valence electrons. The first kappa shape index (κ1) is 11.7. The van der Waals surface area contributed by atoms with E-state index in [0.717, 1.165) is 31.6 Å². The summed E-state index contributed by atoms with van der Waals surface area (Å²) < 4.78 is 0. The number of piperazine rings is 1. The highest BCUT2D eigenvalue weighted by atomic mass is 15.3. The number of nitrogens with two attached hydrogens (primary N) is 1. The van der Waals surface area contributed by atoms with E-state index in [4.69, 9.17) is 5.73 Å². The Bertz CT molecular complexity index is 203. The normalized spacial score (nSPS) is 27.6. The fourth-order valence-electron chi connectivity index (χ4n) is 1.85. The molecule has 0 aromatic carbocycles. The summed E-state index contributed by atoms with van der Waals surface area (Å²) in [4.78, 5) is 4.78. The second-order valence-electron chi connectivity index (χ2n) is 4.59. The van der Waals surface area contributed by atoms with Gasteiger partial charge in [0.15, 0.2) is 0 Å². The summed E-state index contributed by atoms with van der Waals surface area (Å²) in [6.07, 6.45) is 1.02. The molecule has 2 unspecified atom stereocenters. The van der Waals surface area contributed by atoms with Crippen LogP contribution in [-0.2, 0) is 0 Å². The van der Waals surface area contributed by atoms with Gasteiger partial charge in [0, 0.05) is 31.7 Å². The van der Waals surface area contributed by atoms with E-state index in [2.05, 4.69) is 30.5 Å². The molecule has 0 saturated carbocycles. The second-order valence-corrected chi connectivity index (χ2v) is 4.59. The molecule has 1 rings (SSSR count). The van der Waals surface area contributed by atoms with Gasteiger partial charge in [-0.1, -0.05) is 12.2 Å². The van der Waals surface area contributed by atoms with Crippen molar-refractivity contribution < 1.29 is 0 Å². The van der Waals surface area contributed by atoms with E-state index in [0.29, 0.717) is 6.04 Å². The van der Waals surface area contributed by atoms with Crippen LogP contribution < -0.4 is 5.73 Å². The van der Waals surface area contributed by atoms with Gasteiger partial charge in [0.05, 0.1) is 0 Å². The molecule has 1 saturated heterocycles.